The summed E-state index contributed by atoms with van der Waals surface area (Å²) in [7, 11) is 1.43. The van der Waals surface area contributed by atoms with Crippen molar-refractivity contribution in [2.45, 2.75) is 6.54 Å². The fraction of sp³-hybridized carbons (Fsp3) is 0.133. The number of benzene rings is 2. The number of ether oxygens (including phenoxy) is 1. The van der Waals surface area contributed by atoms with E-state index in [4.69, 9.17) is 10.00 Å². The molecular weight excluding hydrogens is 281 g/mol. The van der Waals surface area contributed by atoms with Crippen molar-refractivity contribution in [1.29, 1.82) is 5.26 Å². The summed E-state index contributed by atoms with van der Waals surface area (Å²) in [6.45, 7) is -0.113. The van der Waals surface area contributed by atoms with Crippen molar-refractivity contribution < 1.29 is 17.9 Å². The van der Waals surface area contributed by atoms with Crippen molar-refractivity contribution in [1.82, 2.24) is 0 Å². The monoisotopic (exact) mass is 292 g/mol. The van der Waals surface area contributed by atoms with E-state index >= 15 is 0 Å². The number of para-hydroxylation sites is 1. The molecule has 3 nitrogen and oxygen atoms in total. The molecule has 0 aromatic heterocycles. The molecule has 2 aromatic rings. The molecular formula is C15H11F3N2O. The van der Waals surface area contributed by atoms with Gasteiger partial charge in [-0.25, -0.2) is 13.2 Å². The molecule has 108 valence electrons. The van der Waals surface area contributed by atoms with Gasteiger partial charge in [-0.2, -0.15) is 5.26 Å². The number of hydrogen-bond donors (Lipinski definition) is 1. The molecule has 2 aromatic carbocycles. The third-order valence-corrected chi connectivity index (χ3v) is 2.91. The predicted octanol–water partition coefficient (Wildman–Crippen LogP) is 3.60. The van der Waals surface area contributed by atoms with Gasteiger partial charge in [-0.05, 0) is 18.2 Å². The third kappa shape index (κ3) is 3.08. The SMILES string of the molecule is COc1cccc(C#N)c1NCc1cc(F)c(F)cc1F. The highest BCUT2D eigenvalue weighted by atomic mass is 19.2. The largest absolute Gasteiger partial charge is 0.495 e. The molecule has 1 N–H and O–H groups in total. The van der Waals surface area contributed by atoms with Gasteiger partial charge >= 0.3 is 0 Å². The van der Waals surface area contributed by atoms with Crippen LogP contribution in [-0.2, 0) is 6.54 Å². The van der Waals surface area contributed by atoms with E-state index in [1.165, 1.54) is 7.11 Å². The quantitative estimate of drug-likeness (QED) is 0.876. The molecule has 0 unspecified atom stereocenters. The normalized spacial score (nSPS) is 10.0. The van der Waals surface area contributed by atoms with Gasteiger partial charge in [-0.1, -0.05) is 6.07 Å². The lowest BCUT2D eigenvalue weighted by Crippen LogP contribution is -2.06. The summed E-state index contributed by atoms with van der Waals surface area (Å²) in [5.41, 5.74) is 0.618. The number of methoxy groups -OCH3 is 1. The fourth-order valence-electron chi connectivity index (χ4n) is 1.86. The van der Waals surface area contributed by atoms with Crippen molar-refractivity contribution in [3.8, 4) is 11.8 Å². The molecule has 0 radical (unpaired) electrons. The zero-order valence-corrected chi connectivity index (χ0v) is 11.1. The second kappa shape index (κ2) is 6.18. The Morgan fingerprint density at radius 3 is 2.52 bits per heavy atom. The zero-order chi connectivity index (χ0) is 15.4. The highest BCUT2D eigenvalue weighted by Crippen LogP contribution is 2.28. The van der Waals surface area contributed by atoms with Crippen molar-refractivity contribution in [2.75, 3.05) is 12.4 Å². The Labute approximate surface area is 119 Å². The van der Waals surface area contributed by atoms with Gasteiger partial charge in [0, 0.05) is 18.2 Å². The van der Waals surface area contributed by atoms with Crippen molar-refractivity contribution in [3.05, 3.63) is 58.9 Å². The highest BCUT2D eigenvalue weighted by Gasteiger charge is 2.12. The van der Waals surface area contributed by atoms with Crippen LogP contribution in [0.3, 0.4) is 0 Å². The van der Waals surface area contributed by atoms with Crippen molar-refractivity contribution >= 4 is 5.69 Å². The fourth-order valence-corrected chi connectivity index (χ4v) is 1.86. The summed E-state index contributed by atoms with van der Waals surface area (Å²) in [5, 5.41) is 11.9. The summed E-state index contributed by atoms with van der Waals surface area (Å²) < 4.78 is 44.7. The molecule has 2 rings (SSSR count). The van der Waals surface area contributed by atoms with E-state index in [1.54, 1.807) is 18.2 Å². The van der Waals surface area contributed by atoms with Gasteiger partial charge in [0.05, 0.1) is 18.4 Å². The average Bonchev–Trinajstić information content (AvgIpc) is 2.49. The van der Waals surface area contributed by atoms with Crippen LogP contribution in [0.25, 0.3) is 0 Å². The number of hydrogen-bond acceptors (Lipinski definition) is 3. The number of nitriles is 1. The van der Waals surface area contributed by atoms with E-state index in [0.717, 1.165) is 6.07 Å². The predicted molar refractivity (Wildman–Crippen MR) is 71.4 cm³/mol. The lowest BCUT2D eigenvalue weighted by molar-refractivity contribution is 0.416. The summed E-state index contributed by atoms with van der Waals surface area (Å²) in [5.74, 6) is -2.84. The van der Waals surface area contributed by atoms with E-state index in [-0.39, 0.29) is 12.1 Å². The van der Waals surface area contributed by atoms with Gasteiger partial charge in [0.25, 0.3) is 0 Å². The Bertz CT molecular complexity index is 711. The number of halogens is 3. The maximum atomic E-state index is 13.6. The summed E-state index contributed by atoms with van der Waals surface area (Å²) in [6.07, 6.45) is 0. The molecule has 0 aliphatic heterocycles. The smallest absolute Gasteiger partial charge is 0.161 e. The van der Waals surface area contributed by atoms with Crippen molar-refractivity contribution in [2.24, 2.45) is 0 Å². The van der Waals surface area contributed by atoms with Gasteiger partial charge in [-0.15, -0.1) is 0 Å². The first-order valence-electron chi connectivity index (χ1n) is 6.01. The Balaban J connectivity index is 2.29. The second-order valence-corrected chi connectivity index (χ2v) is 4.21. The Morgan fingerprint density at radius 1 is 1.14 bits per heavy atom. The van der Waals surface area contributed by atoms with Crippen LogP contribution in [0, 0.1) is 28.8 Å². The Kier molecular flexibility index (Phi) is 4.33. The summed E-state index contributed by atoms with van der Waals surface area (Å²) in [4.78, 5) is 0. The van der Waals surface area contributed by atoms with Gasteiger partial charge < -0.3 is 10.1 Å². The van der Waals surface area contributed by atoms with E-state index in [1.807, 2.05) is 6.07 Å². The van der Waals surface area contributed by atoms with Crippen LogP contribution < -0.4 is 10.1 Å². The van der Waals surface area contributed by atoms with Crippen LogP contribution in [0.4, 0.5) is 18.9 Å². The molecule has 0 aliphatic carbocycles. The molecule has 0 atom stereocenters. The topological polar surface area (TPSA) is 45.0 Å². The number of rotatable bonds is 4. The molecule has 0 spiro atoms. The Morgan fingerprint density at radius 2 is 1.86 bits per heavy atom. The minimum Gasteiger partial charge on any atom is -0.495 e. The first-order chi connectivity index (χ1) is 10.1. The number of anilines is 1. The molecule has 6 heteroatoms. The maximum absolute atomic E-state index is 13.6. The zero-order valence-electron chi connectivity index (χ0n) is 11.1. The minimum atomic E-state index is -1.24. The number of nitrogens with zero attached hydrogens (tertiary/aromatic N) is 1. The third-order valence-electron chi connectivity index (χ3n) is 2.91. The van der Waals surface area contributed by atoms with Gasteiger partial charge in [0.1, 0.15) is 17.6 Å². The standard InChI is InChI=1S/C15H11F3N2O/c1-21-14-4-2-3-9(7-19)15(14)20-8-10-5-12(17)13(18)6-11(10)16/h2-6,20H,8H2,1H3. The molecule has 0 heterocycles. The molecule has 0 bridgehead atoms. The highest BCUT2D eigenvalue weighted by molar-refractivity contribution is 5.66. The molecule has 0 aliphatic rings. The maximum Gasteiger partial charge on any atom is 0.161 e. The van der Waals surface area contributed by atoms with Crippen LogP contribution in [-0.4, -0.2) is 7.11 Å². The first kappa shape index (κ1) is 14.7. The molecule has 0 saturated heterocycles. The van der Waals surface area contributed by atoms with Crippen LogP contribution in [0.2, 0.25) is 0 Å². The van der Waals surface area contributed by atoms with Crippen LogP contribution in [0.1, 0.15) is 11.1 Å². The summed E-state index contributed by atoms with van der Waals surface area (Å²) >= 11 is 0. The van der Waals surface area contributed by atoms with Gasteiger partial charge in [0.15, 0.2) is 11.6 Å². The molecule has 0 fully saturated rings. The van der Waals surface area contributed by atoms with Crippen LogP contribution >= 0.6 is 0 Å². The van der Waals surface area contributed by atoms with E-state index in [2.05, 4.69) is 5.32 Å². The lowest BCUT2D eigenvalue weighted by Gasteiger charge is -2.13. The van der Waals surface area contributed by atoms with Gasteiger partial charge in [-0.3, -0.25) is 0 Å². The molecule has 0 amide bonds. The van der Waals surface area contributed by atoms with Crippen LogP contribution in [0.5, 0.6) is 5.75 Å². The molecule has 0 saturated carbocycles. The first-order valence-corrected chi connectivity index (χ1v) is 6.01. The lowest BCUT2D eigenvalue weighted by atomic mass is 10.1. The minimum absolute atomic E-state index is 0.0521. The van der Waals surface area contributed by atoms with E-state index in [9.17, 15) is 13.2 Å². The Hall–Kier alpha value is -2.68. The van der Waals surface area contributed by atoms with E-state index < -0.39 is 17.5 Å². The second-order valence-electron chi connectivity index (χ2n) is 4.21. The van der Waals surface area contributed by atoms with Crippen LogP contribution in [0.15, 0.2) is 30.3 Å². The summed E-state index contributed by atoms with van der Waals surface area (Å²) in [6, 6.07) is 8.07. The average molecular weight is 292 g/mol. The van der Waals surface area contributed by atoms with Gasteiger partial charge in [0.2, 0.25) is 0 Å². The van der Waals surface area contributed by atoms with E-state index in [0.29, 0.717) is 23.1 Å². The van der Waals surface area contributed by atoms with Crippen molar-refractivity contribution in [3.63, 3.8) is 0 Å². The number of nitrogens with one attached hydrogen (secondary N) is 1. The molecule has 21 heavy (non-hydrogen) atoms.